The summed E-state index contributed by atoms with van der Waals surface area (Å²) in [6.07, 6.45) is 4.89. The van der Waals surface area contributed by atoms with Crippen molar-refractivity contribution in [2.75, 3.05) is 19.7 Å². The summed E-state index contributed by atoms with van der Waals surface area (Å²) in [7, 11) is 0. The van der Waals surface area contributed by atoms with Gasteiger partial charge in [-0.15, -0.1) is 0 Å². The van der Waals surface area contributed by atoms with E-state index in [4.69, 9.17) is 15.2 Å². The molecule has 4 N–H and O–H groups in total. The molecule has 1 fully saturated rings. The molecule has 6 nitrogen and oxygen atoms in total. The number of amides is 1. The van der Waals surface area contributed by atoms with Crippen LogP contribution in [0.15, 0.2) is 0 Å². The van der Waals surface area contributed by atoms with Crippen molar-refractivity contribution in [3.05, 3.63) is 0 Å². The predicted octanol–water partition coefficient (Wildman–Crippen LogP) is 2.17. The standard InChI is InChI=1S/C17H35N3O3/c1-13(12-18)19-10-5-11-22-15-8-6-14(7-9-15)20-16(21)23-17(2,3)4/h13-15,19H,5-12,18H2,1-4H3,(H,20,21). The smallest absolute Gasteiger partial charge is 0.407 e. The summed E-state index contributed by atoms with van der Waals surface area (Å²) in [5.41, 5.74) is 5.11. The molecule has 1 rings (SSSR count). The molecule has 1 aliphatic carbocycles. The zero-order valence-corrected chi connectivity index (χ0v) is 15.2. The molecular weight excluding hydrogens is 294 g/mol. The molecule has 0 aromatic carbocycles. The maximum atomic E-state index is 11.8. The van der Waals surface area contributed by atoms with E-state index in [0.29, 0.717) is 18.7 Å². The van der Waals surface area contributed by atoms with E-state index in [9.17, 15) is 4.79 Å². The van der Waals surface area contributed by atoms with Crippen LogP contribution in [0.5, 0.6) is 0 Å². The number of hydrogen-bond acceptors (Lipinski definition) is 5. The molecular formula is C17H35N3O3. The molecule has 1 saturated carbocycles. The summed E-state index contributed by atoms with van der Waals surface area (Å²) in [5, 5.41) is 6.30. The first-order valence-electron chi connectivity index (χ1n) is 8.84. The average Bonchev–Trinajstić information content (AvgIpc) is 2.46. The summed E-state index contributed by atoms with van der Waals surface area (Å²) < 4.78 is 11.2. The third-order valence-electron chi connectivity index (χ3n) is 3.92. The van der Waals surface area contributed by atoms with Crippen LogP contribution in [-0.2, 0) is 9.47 Å². The van der Waals surface area contributed by atoms with E-state index in [1.54, 1.807) is 0 Å². The summed E-state index contributed by atoms with van der Waals surface area (Å²) in [6.45, 7) is 10.1. The first-order valence-corrected chi connectivity index (χ1v) is 8.84. The van der Waals surface area contributed by atoms with Crippen LogP contribution in [0.4, 0.5) is 4.79 Å². The number of carbonyl (C=O) groups is 1. The maximum Gasteiger partial charge on any atom is 0.407 e. The van der Waals surface area contributed by atoms with Crippen molar-refractivity contribution in [2.24, 2.45) is 5.73 Å². The van der Waals surface area contributed by atoms with E-state index in [-0.39, 0.29) is 12.1 Å². The number of alkyl carbamates (subject to hydrolysis) is 1. The molecule has 1 amide bonds. The SMILES string of the molecule is CC(CN)NCCCOC1CCC(NC(=O)OC(C)(C)C)CC1. The Hall–Kier alpha value is -0.850. The van der Waals surface area contributed by atoms with Crippen LogP contribution < -0.4 is 16.4 Å². The second-order valence-electron chi connectivity index (χ2n) is 7.44. The Bertz CT molecular complexity index is 336. The quantitative estimate of drug-likeness (QED) is 0.594. The average molecular weight is 329 g/mol. The van der Waals surface area contributed by atoms with E-state index >= 15 is 0 Å². The first kappa shape index (κ1) is 20.2. The van der Waals surface area contributed by atoms with E-state index in [0.717, 1.165) is 45.3 Å². The van der Waals surface area contributed by atoms with E-state index in [1.165, 1.54) is 0 Å². The number of ether oxygens (including phenoxy) is 2. The summed E-state index contributed by atoms with van der Waals surface area (Å²) in [5.74, 6) is 0. The largest absolute Gasteiger partial charge is 0.444 e. The van der Waals surface area contributed by atoms with Crippen molar-refractivity contribution >= 4 is 6.09 Å². The molecule has 23 heavy (non-hydrogen) atoms. The first-order chi connectivity index (χ1) is 10.8. The summed E-state index contributed by atoms with van der Waals surface area (Å²) in [4.78, 5) is 11.8. The highest BCUT2D eigenvalue weighted by Gasteiger charge is 2.24. The van der Waals surface area contributed by atoms with Crippen LogP contribution in [0.25, 0.3) is 0 Å². The Labute approximate surface area is 140 Å². The van der Waals surface area contributed by atoms with Crippen LogP contribution in [0.2, 0.25) is 0 Å². The van der Waals surface area contributed by atoms with Crippen molar-refractivity contribution in [1.82, 2.24) is 10.6 Å². The fourth-order valence-corrected chi connectivity index (χ4v) is 2.60. The number of carbonyl (C=O) groups excluding carboxylic acids is 1. The molecule has 1 unspecified atom stereocenters. The van der Waals surface area contributed by atoms with Crippen LogP contribution in [0.3, 0.4) is 0 Å². The lowest BCUT2D eigenvalue weighted by molar-refractivity contribution is 0.0169. The molecule has 0 bridgehead atoms. The fraction of sp³-hybridized carbons (Fsp3) is 0.941. The van der Waals surface area contributed by atoms with Gasteiger partial charge in [-0.3, -0.25) is 0 Å². The molecule has 6 heteroatoms. The summed E-state index contributed by atoms with van der Waals surface area (Å²) >= 11 is 0. The van der Waals surface area contributed by atoms with Gasteiger partial charge in [-0.05, 0) is 66.3 Å². The van der Waals surface area contributed by atoms with Crippen molar-refractivity contribution in [3.63, 3.8) is 0 Å². The molecule has 0 spiro atoms. The fourth-order valence-electron chi connectivity index (χ4n) is 2.60. The molecule has 0 aromatic rings. The lowest BCUT2D eigenvalue weighted by atomic mass is 9.93. The zero-order chi connectivity index (χ0) is 17.3. The topological polar surface area (TPSA) is 85.6 Å². The second kappa shape index (κ2) is 10.1. The Balaban J connectivity index is 2.08. The van der Waals surface area contributed by atoms with Gasteiger partial charge in [0.2, 0.25) is 0 Å². The Morgan fingerprint density at radius 1 is 1.26 bits per heavy atom. The minimum absolute atomic E-state index is 0.205. The minimum Gasteiger partial charge on any atom is -0.444 e. The van der Waals surface area contributed by atoms with Gasteiger partial charge >= 0.3 is 6.09 Å². The van der Waals surface area contributed by atoms with Gasteiger partial charge in [0.05, 0.1) is 6.10 Å². The highest BCUT2D eigenvalue weighted by atomic mass is 16.6. The molecule has 1 aliphatic rings. The number of nitrogens with one attached hydrogen (secondary N) is 2. The molecule has 0 radical (unpaired) electrons. The van der Waals surface area contributed by atoms with Crippen molar-refractivity contribution < 1.29 is 14.3 Å². The lowest BCUT2D eigenvalue weighted by Gasteiger charge is -2.30. The van der Waals surface area contributed by atoms with Gasteiger partial charge in [0.15, 0.2) is 0 Å². The normalized spacial score (nSPS) is 23.3. The van der Waals surface area contributed by atoms with E-state index in [1.807, 2.05) is 20.8 Å². The van der Waals surface area contributed by atoms with Crippen LogP contribution in [0, 0.1) is 0 Å². The Kier molecular flexibility index (Phi) is 8.87. The van der Waals surface area contributed by atoms with Gasteiger partial charge in [-0.1, -0.05) is 0 Å². The number of rotatable bonds is 8. The molecule has 0 heterocycles. The zero-order valence-electron chi connectivity index (χ0n) is 15.2. The highest BCUT2D eigenvalue weighted by molar-refractivity contribution is 5.68. The van der Waals surface area contributed by atoms with E-state index in [2.05, 4.69) is 17.6 Å². The van der Waals surface area contributed by atoms with E-state index < -0.39 is 5.60 Å². The third-order valence-corrected chi connectivity index (χ3v) is 3.92. The van der Waals surface area contributed by atoms with Gasteiger partial charge in [-0.2, -0.15) is 0 Å². The van der Waals surface area contributed by atoms with Gasteiger partial charge in [0.1, 0.15) is 5.60 Å². The van der Waals surface area contributed by atoms with Crippen LogP contribution >= 0.6 is 0 Å². The minimum atomic E-state index is -0.445. The van der Waals surface area contributed by atoms with Crippen molar-refractivity contribution in [3.8, 4) is 0 Å². The van der Waals surface area contributed by atoms with Gasteiger partial charge < -0.3 is 25.8 Å². The van der Waals surface area contributed by atoms with Crippen molar-refractivity contribution in [1.29, 1.82) is 0 Å². The number of hydrogen-bond donors (Lipinski definition) is 3. The molecule has 1 atom stereocenters. The van der Waals surface area contributed by atoms with Gasteiger partial charge in [-0.25, -0.2) is 4.79 Å². The Morgan fingerprint density at radius 2 is 1.91 bits per heavy atom. The highest BCUT2D eigenvalue weighted by Crippen LogP contribution is 2.21. The number of nitrogens with two attached hydrogens (primary N) is 1. The second-order valence-corrected chi connectivity index (χ2v) is 7.44. The monoisotopic (exact) mass is 329 g/mol. The molecule has 136 valence electrons. The Morgan fingerprint density at radius 3 is 2.48 bits per heavy atom. The molecule has 0 saturated heterocycles. The predicted molar refractivity (Wildman–Crippen MR) is 92.5 cm³/mol. The summed E-state index contributed by atoms with van der Waals surface area (Å²) in [6, 6.07) is 0.570. The van der Waals surface area contributed by atoms with Crippen LogP contribution in [-0.4, -0.2) is 49.6 Å². The van der Waals surface area contributed by atoms with Crippen LogP contribution in [0.1, 0.15) is 59.8 Å². The third kappa shape index (κ3) is 9.79. The van der Waals surface area contributed by atoms with Crippen molar-refractivity contribution in [2.45, 2.75) is 83.6 Å². The maximum absolute atomic E-state index is 11.8. The van der Waals surface area contributed by atoms with Gasteiger partial charge in [0, 0.05) is 25.2 Å². The molecule has 0 aromatic heterocycles. The lowest BCUT2D eigenvalue weighted by Crippen LogP contribution is -2.42. The van der Waals surface area contributed by atoms with Gasteiger partial charge in [0.25, 0.3) is 0 Å². The molecule has 0 aliphatic heterocycles.